The van der Waals surface area contributed by atoms with Crippen LogP contribution in [0.25, 0.3) is 0 Å². The van der Waals surface area contributed by atoms with Gasteiger partial charge in [-0.1, -0.05) is 6.07 Å². The highest BCUT2D eigenvalue weighted by Gasteiger charge is 2.06. The highest BCUT2D eigenvalue weighted by molar-refractivity contribution is 5.25. The number of rotatable bonds is 7. The Hall–Kier alpha value is -1.88. The molecule has 2 aromatic heterocycles. The highest BCUT2D eigenvalue weighted by atomic mass is 16.5. The maximum Gasteiger partial charge on any atom is 0.218 e. The maximum atomic E-state index is 5.70. The topological polar surface area (TPSA) is 52.0 Å². The fourth-order valence-corrected chi connectivity index (χ4v) is 1.90. The van der Waals surface area contributed by atoms with Crippen LogP contribution in [0.3, 0.4) is 0 Å². The fraction of sp³-hybridized carbons (Fsp3) is 0.467. The first-order valence-corrected chi connectivity index (χ1v) is 7.01. The Kier molecular flexibility index (Phi) is 5.12. The average molecular weight is 274 g/mol. The van der Waals surface area contributed by atoms with E-state index in [-0.39, 0.29) is 6.10 Å². The van der Waals surface area contributed by atoms with E-state index in [0.29, 0.717) is 5.88 Å². The number of hydrogen-bond acceptors (Lipinski definition) is 4. The molecule has 1 N–H and O–H groups in total. The monoisotopic (exact) mass is 274 g/mol. The van der Waals surface area contributed by atoms with Gasteiger partial charge in [-0.15, -0.1) is 0 Å². The zero-order chi connectivity index (χ0) is 14.4. The van der Waals surface area contributed by atoms with Crippen molar-refractivity contribution in [3.05, 3.63) is 41.9 Å². The van der Waals surface area contributed by atoms with Crippen LogP contribution in [0.4, 0.5) is 0 Å². The third-order valence-electron chi connectivity index (χ3n) is 2.85. The molecule has 2 rings (SSSR count). The van der Waals surface area contributed by atoms with Crippen molar-refractivity contribution in [2.45, 2.75) is 46.5 Å². The predicted octanol–water partition coefficient (Wildman–Crippen LogP) is 2.38. The van der Waals surface area contributed by atoms with Gasteiger partial charge in [0.2, 0.25) is 5.88 Å². The molecule has 0 aromatic carbocycles. The van der Waals surface area contributed by atoms with Crippen LogP contribution in [0.5, 0.6) is 5.88 Å². The van der Waals surface area contributed by atoms with Crippen molar-refractivity contribution in [2.75, 3.05) is 0 Å². The van der Waals surface area contributed by atoms with Gasteiger partial charge in [0.25, 0.3) is 0 Å². The number of pyridine rings is 1. The summed E-state index contributed by atoms with van der Waals surface area (Å²) in [7, 11) is 0. The van der Waals surface area contributed by atoms with Crippen molar-refractivity contribution < 1.29 is 4.74 Å². The van der Waals surface area contributed by atoms with Crippen molar-refractivity contribution >= 4 is 0 Å². The molecule has 0 fully saturated rings. The minimum Gasteiger partial charge on any atom is -0.475 e. The van der Waals surface area contributed by atoms with Crippen LogP contribution in [0.2, 0.25) is 0 Å². The lowest BCUT2D eigenvalue weighted by molar-refractivity contribution is 0.229. The normalized spacial score (nSPS) is 11.0. The molecule has 0 unspecified atom stereocenters. The lowest BCUT2D eigenvalue weighted by atomic mass is 10.2. The minimum atomic E-state index is 0.131. The molecule has 0 bridgehead atoms. The van der Waals surface area contributed by atoms with Gasteiger partial charge in [-0.2, -0.15) is 5.10 Å². The van der Waals surface area contributed by atoms with Crippen molar-refractivity contribution in [3.63, 3.8) is 0 Å². The van der Waals surface area contributed by atoms with Crippen molar-refractivity contribution in [1.29, 1.82) is 0 Å². The molecule has 0 aliphatic carbocycles. The third-order valence-corrected chi connectivity index (χ3v) is 2.85. The van der Waals surface area contributed by atoms with E-state index in [4.69, 9.17) is 4.74 Å². The Bertz CT molecular complexity index is 536. The molecule has 0 saturated carbocycles. The molecular weight excluding hydrogens is 252 g/mol. The van der Waals surface area contributed by atoms with E-state index >= 15 is 0 Å². The van der Waals surface area contributed by atoms with E-state index in [2.05, 4.69) is 28.5 Å². The van der Waals surface area contributed by atoms with E-state index in [0.717, 1.165) is 25.2 Å². The zero-order valence-electron chi connectivity index (χ0n) is 12.3. The summed E-state index contributed by atoms with van der Waals surface area (Å²) in [5, 5.41) is 7.65. The summed E-state index contributed by atoms with van der Waals surface area (Å²) in [4.78, 5) is 4.28. The molecule has 0 aliphatic rings. The minimum absolute atomic E-state index is 0.131. The number of aryl methyl sites for hydroxylation is 1. The predicted molar refractivity (Wildman–Crippen MR) is 78.4 cm³/mol. The third kappa shape index (κ3) is 4.06. The second-order valence-electron chi connectivity index (χ2n) is 4.94. The summed E-state index contributed by atoms with van der Waals surface area (Å²) in [6.45, 7) is 8.50. The van der Waals surface area contributed by atoms with Crippen LogP contribution < -0.4 is 10.1 Å². The molecule has 0 aliphatic heterocycles. The maximum absolute atomic E-state index is 5.70. The summed E-state index contributed by atoms with van der Waals surface area (Å²) >= 11 is 0. The smallest absolute Gasteiger partial charge is 0.218 e. The summed E-state index contributed by atoms with van der Waals surface area (Å²) in [5.41, 5.74) is 2.26. The zero-order valence-corrected chi connectivity index (χ0v) is 12.3. The number of nitrogens with one attached hydrogen (secondary N) is 1. The van der Waals surface area contributed by atoms with E-state index in [1.165, 1.54) is 5.56 Å². The first-order chi connectivity index (χ1) is 9.69. The molecule has 108 valence electrons. The van der Waals surface area contributed by atoms with Crippen molar-refractivity contribution in [2.24, 2.45) is 0 Å². The fourth-order valence-electron chi connectivity index (χ4n) is 1.90. The standard InChI is InChI=1S/C15H22N4O/c1-4-19-11-13(9-18-19)8-16-10-14-6-5-7-17-15(14)20-12(2)3/h5-7,9,11-12,16H,4,8,10H2,1-3H3. The molecule has 0 radical (unpaired) electrons. The Labute approximate surface area is 120 Å². The second-order valence-corrected chi connectivity index (χ2v) is 4.94. The molecule has 0 atom stereocenters. The Morgan fingerprint density at radius 3 is 2.90 bits per heavy atom. The molecule has 5 heteroatoms. The molecule has 5 nitrogen and oxygen atoms in total. The number of ether oxygens (including phenoxy) is 1. The van der Waals surface area contributed by atoms with Gasteiger partial charge in [-0.25, -0.2) is 4.98 Å². The highest BCUT2D eigenvalue weighted by Crippen LogP contribution is 2.15. The van der Waals surface area contributed by atoms with Crippen molar-refractivity contribution in [3.8, 4) is 5.88 Å². The average Bonchev–Trinajstić information content (AvgIpc) is 2.88. The van der Waals surface area contributed by atoms with Crippen LogP contribution in [0.15, 0.2) is 30.7 Å². The molecule has 2 aromatic rings. The van der Waals surface area contributed by atoms with E-state index < -0.39 is 0 Å². The van der Waals surface area contributed by atoms with Gasteiger partial charge in [-0.3, -0.25) is 4.68 Å². The van der Waals surface area contributed by atoms with Crippen LogP contribution in [-0.4, -0.2) is 20.9 Å². The van der Waals surface area contributed by atoms with Gasteiger partial charge in [0.1, 0.15) is 0 Å². The molecular formula is C15H22N4O. The van der Waals surface area contributed by atoms with Gasteiger partial charge in [-0.05, 0) is 26.8 Å². The number of aromatic nitrogens is 3. The van der Waals surface area contributed by atoms with E-state index in [1.54, 1.807) is 6.20 Å². The van der Waals surface area contributed by atoms with E-state index in [9.17, 15) is 0 Å². The number of nitrogens with zero attached hydrogens (tertiary/aromatic N) is 3. The SMILES string of the molecule is CCn1cc(CNCc2cccnc2OC(C)C)cn1. The van der Waals surface area contributed by atoms with Gasteiger partial charge in [0.15, 0.2) is 0 Å². The van der Waals surface area contributed by atoms with Crippen LogP contribution >= 0.6 is 0 Å². The second kappa shape index (κ2) is 7.05. The largest absolute Gasteiger partial charge is 0.475 e. The first kappa shape index (κ1) is 14.5. The Morgan fingerprint density at radius 2 is 2.20 bits per heavy atom. The summed E-state index contributed by atoms with van der Waals surface area (Å²) in [6, 6.07) is 3.96. The number of hydrogen-bond donors (Lipinski definition) is 1. The quantitative estimate of drug-likeness (QED) is 0.842. The molecule has 2 heterocycles. The molecule has 0 amide bonds. The van der Waals surface area contributed by atoms with Gasteiger partial charge in [0, 0.05) is 43.2 Å². The van der Waals surface area contributed by atoms with E-state index in [1.807, 2.05) is 36.9 Å². The Morgan fingerprint density at radius 1 is 1.35 bits per heavy atom. The molecule has 0 spiro atoms. The molecule has 0 saturated heterocycles. The molecule has 20 heavy (non-hydrogen) atoms. The van der Waals surface area contributed by atoms with Crippen molar-refractivity contribution in [1.82, 2.24) is 20.1 Å². The lowest BCUT2D eigenvalue weighted by Gasteiger charge is -2.13. The van der Waals surface area contributed by atoms with Crippen LogP contribution in [0.1, 0.15) is 31.9 Å². The van der Waals surface area contributed by atoms with Gasteiger partial charge < -0.3 is 10.1 Å². The lowest BCUT2D eigenvalue weighted by Crippen LogP contribution is -2.15. The van der Waals surface area contributed by atoms with Crippen LogP contribution in [0, 0.1) is 0 Å². The summed E-state index contributed by atoms with van der Waals surface area (Å²) in [6.07, 6.45) is 5.84. The summed E-state index contributed by atoms with van der Waals surface area (Å²) in [5.74, 6) is 0.708. The van der Waals surface area contributed by atoms with Gasteiger partial charge in [0.05, 0.1) is 12.3 Å². The van der Waals surface area contributed by atoms with Crippen LogP contribution in [-0.2, 0) is 19.6 Å². The first-order valence-electron chi connectivity index (χ1n) is 7.01. The summed E-state index contributed by atoms with van der Waals surface area (Å²) < 4.78 is 7.63. The Balaban J connectivity index is 1.90. The van der Waals surface area contributed by atoms with Gasteiger partial charge >= 0.3 is 0 Å².